The fourth-order valence-electron chi connectivity index (χ4n) is 2.14. The number of fused-ring (bicyclic) bond motifs is 1. The van der Waals surface area contributed by atoms with Crippen LogP contribution < -0.4 is 4.90 Å². The van der Waals surface area contributed by atoms with Crippen molar-refractivity contribution < 1.29 is 9.90 Å². The molecule has 0 spiro atoms. The van der Waals surface area contributed by atoms with Crippen LogP contribution in [0.2, 0.25) is 0 Å². The van der Waals surface area contributed by atoms with Crippen molar-refractivity contribution in [2.24, 2.45) is 0 Å². The van der Waals surface area contributed by atoms with Gasteiger partial charge in [-0.2, -0.15) is 0 Å². The molecule has 1 heterocycles. The van der Waals surface area contributed by atoms with E-state index in [-0.39, 0.29) is 6.54 Å². The summed E-state index contributed by atoms with van der Waals surface area (Å²) in [6.07, 6.45) is 2.11. The lowest BCUT2D eigenvalue weighted by molar-refractivity contribution is -0.135. The van der Waals surface area contributed by atoms with Crippen LogP contribution in [0.4, 0.5) is 5.82 Å². The fourth-order valence-corrected chi connectivity index (χ4v) is 2.14. The molecule has 4 nitrogen and oxygen atoms in total. The Morgan fingerprint density at radius 3 is 2.78 bits per heavy atom. The zero-order chi connectivity index (χ0) is 12.5. The van der Waals surface area contributed by atoms with E-state index in [4.69, 9.17) is 5.11 Å². The first-order valence-corrected chi connectivity index (χ1v) is 6.08. The first-order chi connectivity index (χ1) is 8.74. The molecule has 1 N–H and O–H groups in total. The highest BCUT2D eigenvalue weighted by Gasteiger charge is 2.31. The van der Waals surface area contributed by atoms with Gasteiger partial charge < -0.3 is 10.0 Å². The minimum Gasteiger partial charge on any atom is -0.480 e. The van der Waals surface area contributed by atoms with Gasteiger partial charge in [0, 0.05) is 11.4 Å². The highest BCUT2D eigenvalue weighted by Crippen LogP contribution is 2.31. The van der Waals surface area contributed by atoms with E-state index in [1.165, 1.54) is 0 Å². The van der Waals surface area contributed by atoms with Crippen molar-refractivity contribution in [3.63, 3.8) is 0 Å². The Morgan fingerprint density at radius 1 is 1.28 bits per heavy atom. The SMILES string of the molecule is O=C(O)CN(c1ccc2ccccc2n1)C1CC1. The predicted molar refractivity (Wildman–Crippen MR) is 69.7 cm³/mol. The van der Waals surface area contributed by atoms with E-state index >= 15 is 0 Å². The van der Waals surface area contributed by atoms with Gasteiger partial charge in [0.25, 0.3) is 0 Å². The second-order valence-corrected chi connectivity index (χ2v) is 4.61. The van der Waals surface area contributed by atoms with Gasteiger partial charge in [0.15, 0.2) is 0 Å². The quantitative estimate of drug-likeness (QED) is 0.893. The Hall–Kier alpha value is -2.10. The summed E-state index contributed by atoms with van der Waals surface area (Å²) in [5, 5.41) is 10.0. The fraction of sp³-hybridized carbons (Fsp3) is 0.286. The molecular weight excluding hydrogens is 228 g/mol. The van der Waals surface area contributed by atoms with Gasteiger partial charge in [-0.05, 0) is 31.0 Å². The molecule has 0 amide bonds. The van der Waals surface area contributed by atoms with Gasteiger partial charge in [-0.25, -0.2) is 4.98 Å². The molecule has 0 atom stereocenters. The van der Waals surface area contributed by atoms with Gasteiger partial charge >= 0.3 is 5.97 Å². The summed E-state index contributed by atoms with van der Waals surface area (Å²) < 4.78 is 0. The Kier molecular flexibility index (Phi) is 2.63. The number of aromatic nitrogens is 1. The molecule has 18 heavy (non-hydrogen) atoms. The molecule has 0 aliphatic heterocycles. The summed E-state index contributed by atoms with van der Waals surface area (Å²) in [6, 6.07) is 12.1. The molecule has 0 radical (unpaired) electrons. The third kappa shape index (κ3) is 2.14. The maximum Gasteiger partial charge on any atom is 0.323 e. The minimum absolute atomic E-state index is 0.0238. The van der Waals surface area contributed by atoms with Crippen LogP contribution in [0.25, 0.3) is 10.9 Å². The Labute approximate surface area is 105 Å². The zero-order valence-electron chi connectivity index (χ0n) is 9.91. The molecule has 92 valence electrons. The van der Waals surface area contributed by atoms with Gasteiger partial charge in [0.1, 0.15) is 12.4 Å². The van der Waals surface area contributed by atoms with E-state index < -0.39 is 5.97 Å². The summed E-state index contributed by atoms with van der Waals surface area (Å²) in [5.41, 5.74) is 0.908. The first-order valence-electron chi connectivity index (χ1n) is 6.08. The smallest absolute Gasteiger partial charge is 0.323 e. The number of carboxylic acids is 1. The van der Waals surface area contributed by atoms with E-state index in [9.17, 15) is 4.79 Å². The van der Waals surface area contributed by atoms with Crippen molar-refractivity contribution in [1.82, 2.24) is 4.98 Å². The van der Waals surface area contributed by atoms with E-state index in [1.807, 2.05) is 41.3 Å². The summed E-state index contributed by atoms with van der Waals surface area (Å²) in [4.78, 5) is 17.3. The number of nitrogens with zero attached hydrogens (tertiary/aromatic N) is 2. The van der Waals surface area contributed by atoms with E-state index in [1.54, 1.807) is 0 Å². The van der Waals surface area contributed by atoms with Gasteiger partial charge in [-0.3, -0.25) is 4.79 Å². The largest absolute Gasteiger partial charge is 0.480 e. The van der Waals surface area contributed by atoms with Gasteiger partial charge in [-0.1, -0.05) is 18.2 Å². The molecule has 1 aliphatic carbocycles. The molecule has 0 unspecified atom stereocenters. The van der Waals surface area contributed by atoms with Crippen molar-refractivity contribution in [3.8, 4) is 0 Å². The van der Waals surface area contributed by atoms with Crippen molar-refractivity contribution in [1.29, 1.82) is 0 Å². The van der Waals surface area contributed by atoms with Crippen LogP contribution in [0.3, 0.4) is 0 Å². The van der Waals surface area contributed by atoms with Gasteiger partial charge in [-0.15, -0.1) is 0 Å². The Balaban J connectivity index is 1.98. The maximum absolute atomic E-state index is 10.9. The summed E-state index contributed by atoms with van der Waals surface area (Å²) in [6.45, 7) is 0.0238. The number of pyridine rings is 1. The number of para-hydroxylation sites is 1. The summed E-state index contributed by atoms with van der Waals surface area (Å²) in [5.74, 6) is -0.0459. The topological polar surface area (TPSA) is 53.4 Å². The van der Waals surface area contributed by atoms with Crippen LogP contribution in [0.15, 0.2) is 36.4 Å². The highest BCUT2D eigenvalue weighted by molar-refractivity contribution is 5.81. The molecular formula is C14H14N2O2. The average Bonchev–Trinajstić information content (AvgIpc) is 3.19. The van der Waals surface area contributed by atoms with Crippen LogP contribution >= 0.6 is 0 Å². The number of hydrogen-bond acceptors (Lipinski definition) is 3. The molecule has 1 saturated carbocycles. The van der Waals surface area contributed by atoms with Crippen LogP contribution in [-0.4, -0.2) is 28.6 Å². The normalized spacial score (nSPS) is 14.7. The number of benzene rings is 1. The second kappa shape index (κ2) is 4.29. The molecule has 3 rings (SSSR count). The first kappa shape index (κ1) is 11.0. The molecule has 4 heteroatoms. The Bertz CT molecular complexity index is 593. The molecule has 0 bridgehead atoms. The zero-order valence-corrected chi connectivity index (χ0v) is 9.91. The highest BCUT2D eigenvalue weighted by atomic mass is 16.4. The molecule has 1 aromatic carbocycles. The number of carbonyl (C=O) groups is 1. The van der Waals surface area contributed by atoms with E-state index in [2.05, 4.69) is 4.98 Å². The maximum atomic E-state index is 10.9. The lowest BCUT2D eigenvalue weighted by atomic mass is 10.2. The van der Waals surface area contributed by atoms with Crippen LogP contribution in [0.1, 0.15) is 12.8 Å². The Morgan fingerprint density at radius 2 is 2.06 bits per heavy atom. The lowest BCUT2D eigenvalue weighted by Gasteiger charge is -2.21. The molecule has 1 fully saturated rings. The average molecular weight is 242 g/mol. The van der Waals surface area contributed by atoms with Gasteiger partial charge in [0.2, 0.25) is 0 Å². The van der Waals surface area contributed by atoms with Crippen LogP contribution in [0.5, 0.6) is 0 Å². The summed E-state index contributed by atoms with van der Waals surface area (Å²) in [7, 11) is 0. The van der Waals surface area contributed by atoms with Crippen molar-refractivity contribution in [3.05, 3.63) is 36.4 Å². The molecule has 2 aromatic rings. The number of anilines is 1. The second-order valence-electron chi connectivity index (χ2n) is 4.61. The molecule has 0 saturated heterocycles. The van der Waals surface area contributed by atoms with Crippen LogP contribution in [0, 0.1) is 0 Å². The number of aliphatic carboxylic acids is 1. The minimum atomic E-state index is -0.808. The van der Waals surface area contributed by atoms with E-state index in [0.29, 0.717) is 6.04 Å². The standard InChI is InChI=1S/C14H14N2O2/c17-14(18)9-16(11-6-7-11)13-8-5-10-3-1-2-4-12(10)15-13/h1-5,8,11H,6-7,9H2,(H,17,18). The lowest BCUT2D eigenvalue weighted by Crippen LogP contribution is -2.32. The van der Waals surface area contributed by atoms with Crippen molar-refractivity contribution >= 4 is 22.7 Å². The molecule has 1 aliphatic rings. The number of carboxylic acid groups (broad SMARTS) is 1. The predicted octanol–water partition coefficient (Wildman–Crippen LogP) is 2.29. The van der Waals surface area contributed by atoms with Crippen molar-refractivity contribution in [2.45, 2.75) is 18.9 Å². The van der Waals surface area contributed by atoms with Gasteiger partial charge in [0.05, 0.1) is 5.52 Å². The third-order valence-electron chi connectivity index (χ3n) is 3.17. The van der Waals surface area contributed by atoms with Crippen molar-refractivity contribution in [2.75, 3.05) is 11.4 Å². The monoisotopic (exact) mass is 242 g/mol. The summed E-state index contributed by atoms with van der Waals surface area (Å²) >= 11 is 0. The molecule has 1 aromatic heterocycles. The van der Waals surface area contributed by atoms with E-state index in [0.717, 1.165) is 29.6 Å². The third-order valence-corrected chi connectivity index (χ3v) is 3.17. The van der Waals surface area contributed by atoms with Crippen LogP contribution in [-0.2, 0) is 4.79 Å². The number of rotatable bonds is 4. The number of hydrogen-bond donors (Lipinski definition) is 1.